The summed E-state index contributed by atoms with van der Waals surface area (Å²) in [7, 11) is 1.92. The van der Waals surface area contributed by atoms with Gasteiger partial charge in [0.05, 0.1) is 11.9 Å². The number of aromatic nitrogens is 3. The minimum Gasteiger partial charge on any atom is -0.326 e. The second kappa shape index (κ2) is 3.67. The van der Waals surface area contributed by atoms with Gasteiger partial charge in [0.2, 0.25) is 0 Å². The largest absolute Gasteiger partial charge is 0.326 e. The Morgan fingerprint density at radius 1 is 1.57 bits per heavy atom. The highest BCUT2D eigenvalue weighted by atomic mass is 15.4. The zero-order valence-electron chi connectivity index (χ0n) is 8.72. The van der Waals surface area contributed by atoms with Crippen molar-refractivity contribution in [2.24, 2.45) is 18.7 Å². The monoisotopic (exact) mass is 195 g/mol. The van der Waals surface area contributed by atoms with Crippen molar-refractivity contribution in [1.82, 2.24) is 19.9 Å². The van der Waals surface area contributed by atoms with Gasteiger partial charge in [-0.2, -0.15) is 0 Å². The molecule has 0 aliphatic carbocycles. The van der Waals surface area contributed by atoms with E-state index >= 15 is 0 Å². The fraction of sp³-hybridized carbons (Fsp3) is 0.778. The van der Waals surface area contributed by atoms with E-state index in [1.165, 1.54) is 0 Å². The molecule has 2 heterocycles. The zero-order valence-corrected chi connectivity index (χ0v) is 8.72. The van der Waals surface area contributed by atoms with E-state index in [-0.39, 0.29) is 0 Å². The molecule has 2 rings (SSSR count). The molecule has 2 unspecified atom stereocenters. The molecule has 78 valence electrons. The van der Waals surface area contributed by atoms with Gasteiger partial charge < -0.3 is 5.73 Å². The van der Waals surface area contributed by atoms with Gasteiger partial charge in [0.15, 0.2) is 0 Å². The van der Waals surface area contributed by atoms with Crippen LogP contribution in [0.3, 0.4) is 0 Å². The molecule has 0 radical (unpaired) electrons. The van der Waals surface area contributed by atoms with Crippen molar-refractivity contribution in [3.63, 3.8) is 0 Å². The van der Waals surface area contributed by atoms with Crippen LogP contribution in [0.15, 0.2) is 6.20 Å². The SMILES string of the molecule is CC1CN(Cc2cnnn2C)CC1N. The van der Waals surface area contributed by atoms with Gasteiger partial charge in [0.25, 0.3) is 0 Å². The molecule has 1 fully saturated rings. The van der Waals surface area contributed by atoms with Crippen molar-refractivity contribution < 1.29 is 0 Å². The molecule has 0 amide bonds. The summed E-state index contributed by atoms with van der Waals surface area (Å²) in [6.07, 6.45) is 1.81. The molecule has 0 saturated carbocycles. The van der Waals surface area contributed by atoms with Crippen LogP contribution in [-0.2, 0) is 13.6 Å². The molecular weight excluding hydrogens is 178 g/mol. The summed E-state index contributed by atoms with van der Waals surface area (Å²) in [6, 6.07) is 0.316. The second-order valence-electron chi connectivity index (χ2n) is 4.18. The molecule has 1 aliphatic heterocycles. The van der Waals surface area contributed by atoms with E-state index in [1.54, 1.807) is 0 Å². The van der Waals surface area contributed by atoms with Crippen LogP contribution in [0.5, 0.6) is 0 Å². The van der Waals surface area contributed by atoms with E-state index in [0.717, 1.165) is 25.3 Å². The molecule has 0 bridgehead atoms. The highest BCUT2D eigenvalue weighted by Crippen LogP contribution is 2.16. The van der Waals surface area contributed by atoms with Crippen molar-refractivity contribution in [2.75, 3.05) is 13.1 Å². The standard InChI is InChI=1S/C9H17N5/c1-7-4-14(6-9(7)10)5-8-3-11-12-13(8)2/h3,7,9H,4-6,10H2,1-2H3. The van der Waals surface area contributed by atoms with Gasteiger partial charge in [-0.3, -0.25) is 9.58 Å². The topological polar surface area (TPSA) is 60.0 Å². The minimum absolute atomic E-state index is 0.316. The molecule has 5 heteroatoms. The van der Waals surface area contributed by atoms with E-state index in [1.807, 2.05) is 17.9 Å². The maximum absolute atomic E-state index is 5.96. The fourth-order valence-corrected chi connectivity index (χ4v) is 1.91. The van der Waals surface area contributed by atoms with Gasteiger partial charge in [-0.1, -0.05) is 12.1 Å². The van der Waals surface area contributed by atoms with Crippen molar-refractivity contribution >= 4 is 0 Å². The van der Waals surface area contributed by atoms with Crippen molar-refractivity contribution in [3.05, 3.63) is 11.9 Å². The Bertz CT molecular complexity index is 298. The predicted octanol–water partition coefficient (Wildman–Crippen LogP) is -0.406. The Balaban J connectivity index is 1.97. The number of hydrogen-bond donors (Lipinski definition) is 1. The Morgan fingerprint density at radius 2 is 2.36 bits per heavy atom. The number of hydrogen-bond acceptors (Lipinski definition) is 4. The smallest absolute Gasteiger partial charge is 0.0738 e. The van der Waals surface area contributed by atoms with Gasteiger partial charge in [0, 0.05) is 32.7 Å². The van der Waals surface area contributed by atoms with E-state index in [2.05, 4.69) is 22.1 Å². The lowest BCUT2D eigenvalue weighted by Gasteiger charge is -2.14. The number of nitrogens with two attached hydrogens (primary N) is 1. The quantitative estimate of drug-likeness (QED) is 0.697. The number of aryl methyl sites for hydroxylation is 1. The lowest BCUT2D eigenvalue weighted by molar-refractivity contribution is 0.309. The van der Waals surface area contributed by atoms with Gasteiger partial charge in [-0.15, -0.1) is 5.10 Å². The molecule has 1 aromatic rings. The highest BCUT2D eigenvalue weighted by Gasteiger charge is 2.26. The first kappa shape index (κ1) is 9.61. The number of nitrogens with zero attached hydrogens (tertiary/aromatic N) is 4. The molecule has 2 N–H and O–H groups in total. The number of rotatable bonds is 2. The van der Waals surface area contributed by atoms with Crippen molar-refractivity contribution in [1.29, 1.82) is 0 Å². The summed E-state index contributed by atoms with van der Waals surface area (Å²) in [5, 5.41) is 7.76. The normalized spacial score (nSPS) is 28.5. The Labute approximate surface area is 83.9 Å². The lowest BCUT2D eigenvalue weighted by atomic mass is 10.1. The number of likely N-dealkylation sites (tertiary alicyclic amines) is 1. The predicted molar refractivity (Wildman–Crippen MR) is 53.4 cm³/mol. The molecule has 14 heavy (non-hydrogen) atoms. The third kappa shape index (κ3) is 1.78. The van der Waals surface area contributed by atoms with E-state index in [4.69, 9.17) is 5.73 Å². The molecule has 5 nitrogen and oxygen atoms in total. The second-order valence-corrected chi connectivity index (χ2v) is 4.18. The van der Waals surface area contributed by atoms with E-state index in [0.29, 0.717) is 12.0 Å². The molecule has 1 aromatic heterocycles. The summed E-state index contributed by atoms with van der Waals surface area (Å²) in [6.45, 7) is 5.16. The van der Waals surface area contributed by atoms with Crippen molar-refractivity contribution in [2.45, 2.75) is 19.5 Å². The maximum atomic E-state index is 5.96. The van der Waals surface area contributed by atoms with Gasteiger partial charge in [0.1, 0.15) is 0 Å². The van der Waals surface area contributed by atoms with Crippen LogP contribution in [0.25, 0.3) is 0 Å². The molecule has 0 spiro atoms. The van der Waals surface area contributed by atoms with Crippen LogP contribution in [-0.4, -0.2) is 39.0 Å². The molecule has 1 saturated heterocycles. The van der Waals surface area contributed by atoms with Gasteiger partial charge >= 0.3 is 0 Å². The van der Waals surface area contributed by atoms with Crippen LogP contribution >= 0.6 is 0 Å². The average Bonchev–Trinajstić information content (AvgIpc) is 2.63. The van der Waals surface area contributed by atoms with Crippen molar-refractivity contribution in [3.8, 4) is 0 Å². The fourth-order valence-electron chi connectivity index (χ4n) is 1.91. The summed E-state index contributed by atoms with van der Waals surface area (Å²) < 4.78 is 1.81. The molecule has 1 aliphatic rings. The van der Waals surface area contributed by atoms with Crippen LogP contribution < -0.4 is 5.73 Å². The molecule has 0 aromatic carbocycles. The first-order valence-electron chi connectivity index (χ1n) is 4.98. The summed E-state index contributed by atoms with van der Waals surface area (Å²) >= 11 is 0. The van der Waals surface area contributed by atoms with Crippen LogP contribution in [0.2, 0.25) is 0 Å². The highest BCUT2D eigenvalue weighted by molar-refractivity contribution is 4.95. The van der Waals surface area contributed by atoms with Gasteiger partial charge in [-0.05, 0) is 5.92 Å². The Hall–Kier alpha value is -0.940. The van der Waals surface area contributed by atoms with Crippen LogP contribution in [0.1, 0.15) is 12.6 Å². The lowest BCUT2D eigenvalue weighted by Crippen LogP contribution is -2.28. The van der Waals surface area contributed by atoms with E-state index < -0.39 is 0 Å². The van der Waals surface area contributed by atoms with Crippen LogP contribution in [0, 0.1) is 5.92 Å². The third-order valence-corrected chi connectivity index (χ3v) is 2.94. The Morgan fingerprint density at radius 3 is 2.86 bits per heavy atom. The van der Waals surface area contributed by atoms with Gasteiger partial charge in [-0.25, -0.2) is 0 Å². The molecule has 2 atom stereocenters. The first-order chi connectivity index (χ1) is 6.66. The summed E-state index contributed by atoms with van der Waals surface area (Å²) in [5.74, 6) is 0.594. The minimum atomic E-state index is 0.316. The van der Waals surface area contributed by atoms with Crippen LogP contribution in [0.4, 0.5) is 0 Å². The Kier molecular flexibility index (Phi) is 2.52. The summed E-state index contributed by atoms with van der Waals surface area (Å²) in [4.78, 5) is 2.36. The zero-order chi connectivity index (χ0) is 10.1. The first-order valence-corrected chi connectivity index (χ1v) is 4.98. The third-order valence-electron chi connectivity index (χ3n) is 2.94. The summed E-state index contributed by atoms with van der Waals surface area (Å²) in [5.41, 5.74) is 7.10. The average molecular weight is 195 g/mol. The molecular formula is C9H17N5. The van der Waals surface area contributed by atoms with E-state index in [9.17, 15) is 0 Å². The maximum Gasteiger partial charge on any atom is 0.0738 e.